The number of hydrogen-bond acceptors (Lipinski definition) is 4. The molecule has 0 radical (unpaired) electrons. The molecule has 1 aliphatic heterocycles. The van der Waals surface area contributed by atoms with E-state index in [1.807, 2.05) is 6.20 Å². The number of carboxylic acids is 1. The molecular weight excluding hydrogens is 208 g/mol. The zero-order valence-corrected chi connectivity index (χ0v) is 9.26. The molecule has 0 aromatic carbocycles. The Morgan fingerprint density at radius 2 is 2.50 bits per heavy atom. The molecule has 0 saturated heterocycles. The number of imidazole rings is 1. The molecule has 0 fully saturated rings. The normalized spacial score (nSPS) is 18.1. The number of carbonyl (C=O) groups is 1. The molecule has 1 aromatic rings. The Labute approximate surface area is 93.9 Å². The minimum absolute atomic E-state index is 0.512. The van der Waals surface area contributed by atoms with E-state index in [0.717, 1.165) is 25.5 Å². The van der Waals surface area contributed by atoms with Gasteiger partial charge in [0.05, 0.1) is 6.54 Å². The predicted molar refractivity (Wildman–Crippen MR) is 58.0 cm³/mol. The Morgan fingerprint density at radius 3 is 3.19 bits per heavy atom. The molecular formula is C10H16N4O2. The SMILES string of the molecule is CNC(CN1CCn2ccnc2C1)C(=O)O. The van der Waals surface area contributed by atoms with E-state index in [1.54, 1.807) is 13.2 Å². The third-order valence-corrected chi connectivity index (χ3v) is 2.91. The summed E-state index contributed by atoms with van der Waals surface area (Å²) in [5.41, 5.74) is 0. The average molecular weight is 224 g/mol. The Bertz CT molecular complexity index is 377. The van der Waals surface area contributed by atoms with Gasteiger partial charge >= 0.3 is 5.97 Å². The van der Waals surface area contributed by atoms with Crippen LogP contribution in [0.2, 0.25) is 0 Å². The van der Waals surface area contributed by atoms with Gasteiger partial charge in [-0.3, -0.25) is 9.69 Å². The lowest BCUT2D eigenvalue weighted by Gasteiger charge is -2.29. The third kappa shape index (κ3) is 2.23. The maximum absolute atomic E-state index is 10.9. The summed E-state index contributed by atoms with van der Waals surface area (Å²) in [6.07, 6.45) is 3.74. The number of likely N-dealkylation sites (N-methyl/N-ethyl adjacent to an activating group) is 1. The van der Waals surface area contributed by atoms with Crippen LogP contribution in [0, 0.1) is 0 Å². The monoisotopic (exact) mass is 224 g/mol. The van der Waals surface area contributed by atoms with Crippen LogP contribution in [0.4, 0.5) is 0 Å². The van der Waals surface area contributed by atoms with Gasteiger partial charge in [-0.2, -0.15) is 0 Å². The van der Waals surface area contributed by atoms with Crippen molar-refractivity contribution in [3.8, 4) is 0 Å². The molecule has 1 aliphatic rings. The minimum atomic E-state index is -0.809. The van der Waals surface area contributed by atoms with Crippen molar-refractivity contribution in [1.29, 1.82) is 0 Å². The lowest BCUT2D eigenvalue weighted by molar-refractivity contribution is -0.140. The molecule has 0 saturated carbocycles. The van der Waals surface area contributed by atoms with Gasteiger partial charge in [0.15, 0.2) is 0 Å². The van der Waals surface area contributed by atoms with Gasteiger partial charge in [-0.05, 0) is 7.05 Å². The Morgan fingerprint density at radius 1 is 1.69 bits per heavy atom. The molecule has 2 N–H and O–H groups in total. The summed E-state index contributed by atoms with van der Waals surface area (Å²) in [7, 11) is 1.67. The number of nitrogens with one attached hydrogen (secondary N) is 1. The zero-order valence-electron chi connectivity index (χ0n) is 9.26. The van der Waals surface area contributed by atoms with Gasteiger partial charge in [0, 0.05) is 32.0 Å². The fourth-order valence-electron chi connectivity index (χ4n) is 1.93. The molecule has 88 valence electrons. The number of nitrogens with zero attached hydrogens (tertiary/aromatic N) is 3. The first-order valence-electron chi connectivity index (χ1n) is 5.33. The first-order valence-corrected chi connectivity index (χ1v) is 5.33. The van der Waals surface area contributed by atoms with Crippen molar-refractivity contribution < 1.29 is 9.90 Å². The van der Waals surface area contributed by atoms with Gasteiger partial charge in [0.25, 0.3) is 0 Å². The van der Waals surface area contributed by atoms with Crippen LogP contribution in [0.5, 0.6) is 0 Å². The molecule has 1 aromatic heterocycles. The summed E-state index contributed by atoms with van der Waals surface area (Å²) < 4.78 is 2.10. The summed E-state index contributed by atoms with van der Waals surface area (Å²) in [4.78, 5) is 17.2. The van der Waals surface area contributed by atoms with Crippen LogP contribution < -0.4 is 5.32 Å². The van der Waals surface area contributed by atoms with E-state index in [4.69, 9.17) is 5.11 Å². The smallest absolute Gasteiger partial charge is 0.322 e. The lowest BCUT2D eigenvalue weighted by Crippen LogP contribution is -2.46. The van der Waals surface area contributed by atoms with E-state index in [0.29, 0.717) is 6.54 Å². The molecule has 16 heavy (non-hydrogen) atoms. The van der Waals surface area contributed by atoms with E-state index in [2.05, 4.69) is 19.8 Å². The van der Waals surface area contributed by atoms with E-state index in [9.17, 15) is 4.79 Å². The van der Waals surface area contributed by atoms with Gasteiger partial charge in [0.2, 0.25) is 0 Å². The van der Waals surface area contributed by atoms with E-state index in [-0.39, 0.29) is 0 Å². The highest BCUT2D eigenvalue weighted by Gasteiger charge is 2.22. The van der Waals surface area contributed by atoms with Gasteiger partial charge in [-0.25, -0.2) is 4.98 Å². The van der Waals surface area contributed by atoms with Gasteiger partial charge in [-0.15, -0.1) is 0 Å². The summed E-state index contributed by atoms with van der Waals surface area (Å²) in [5, 5.41) is 11.7. The minimum Gasteiger partial charge on any atom is -0.480 e. The summed E-state index contributed by atoms with van der Waals surface area (Å²) in [6.45, 7) is 2.98. The first-order chi connectivity index (χ1) is 7.70. The van der Waals surface area contributed by atoms with Gasteiger partial charge in [-0.1, -0.05) is 0 Å². The maximum atomic E-state index is 10.9. The maximum Gasteiger partial charge on any atom is 0.322 e. The standard InChI is InChI=1S/C10H16N4O2/c1-11-8(10(15)16)6-13-4-5-14-3-2-12-9(14)7-13/h2-3,8,11H,4-7H2,1H3,(H,15,16). The number of aromatic nitrogens is 2. The van der Waals surface area contributed by atoms with Crippen LogP contribution in [-0.2, 0) is 17.9 Å². The van der Waals surface area contributed by atoms with Crippen molar-refractivity contribution in [1.82, 2.24) is 19.8 Å². The van der Waals surface area contributed by atoms with E-state index in [1.165, 1.54) is 0 Å². The molecule has 1 atom stereocenters. The molecule has 6 nitrogen and oxygen atoms in total. The molecule has 0 bridgehead atoms. The predicted octanol–water partition coefficient (Wildman–Crippen LogP) is -0.629. The molecule has 0 aliphatic carbocycles. The van der Waals surface area contributed by atoms with Crippen LogP contribution in [0.1, 0.15) is 5.82 Å². The van der Waals surface area contributed by atoms with E-state index >= 15 is 0 Å². The molecule has 6 heteroatoms. The molecule has 2 rings (SSSR count). The van der Waals surface area contributed by atoms with Crippen LogP contribution in [0.15, 0.2) is 12.4 Å². The summed E-state index contributed by atoms with van der Waals surface area (Å²) >= 11 is 0. The van der Waals surface area contributed by atoms with Crippen LogP contribution >= 0.6 is 0 Å². The van der Waals surface area contributed by atoms with Crippen molar-refractivity contribution in [2.45, 2.75) is 19.1 Å². The molecule has 0 spiro atoms. The second-order valence-electron chi connectivity index (χ2n) is 3.95. The number of hydrogen-bond donors (Lipinski definition) is 2. The Hall–Kier alpha value is -1.40. The Kier molecular flexibility index (Phi) is 3.21. The van der Waals surface area contributed by atoms with Crippen molar-refractivity contribution in [2.24, 2.45) is 0 Å². The third-order valence-electron chi connectivity index (χ3n) is 2.91. The van der Waals surface area contributed by atoms with E-state index < -0.39 is 12.0 Å². The fourth-order valence-corrected chi connectivity index (χ4v) is 1.93. The first kappa shape index (κ1) is 11.1. The highest BCUT2D eigenvalue weighted by atomic mass is 16.4. The zero-order chi connectivity index (χ0) is 11.5. The molecule has 1 unspecified atom stereocenters. The number of fused-ring (bicyclic) bond motifs is 1. The number of aliphatic carboxylic acids is 1. The number of rotatable bonds is 4. The lowest BCUT2D eigenvalue weighted by atomic mass is 10.2. The van der Waals surface area contributed by atoms with Gasteiger partial charge < -0.3 is 15.0 Å². The fraction of sp³-hybridized carbons (Fsp3) is 0.600. The van der Waals surface area contributed by atoms with Crippen LogP contribution in [0.25, 0.3) is 0 Å². The summed E-state index contributed by atoms with van der Waals surface area (Å²) in [6, 6.07) is -0.512. The second-order valence-corrected chi connectivity index (χ2v) is 3.95. The van der Waals surface area contributed by atoms with Crippen molar-refractivity contribution in [3.05, 3.63) is 18.2 Å². The summed E-state index contributed by atoms with van der Waals surface area (Å²) in [5.74, 6) is 0.197. The van der Waals surface area contributed by atoms with Gasteiger partial charge in [0.1, 0.15) is 11.9 Å². The van der Waals surface area contributed by atoms with Crippen LogP contribution in [0.3, 0.4) is 0 Å². The van der Waals surface area contributed by atoms with Crippen LogP contribution in [-0.4, -0.2) is 51.7 Å². The largest absolute Gasteiger partial charge is 0.480 e. The second kappa shape index (κ2) is 4.63. The average Bonchev–Trinajstić information content (AvgIpc) is 2.72. The molecule has 0 amide bonds. The van der Waals surface area contributed by atoms with Crippen molar-refractivity contribution >= 4 is 5.97 Å². The highest BCUT2D eigenvalue weighted by molar-refractivity contribution is 5.73. The Balaban J connectivity index is 1.96. The quantitative estimate of drug-likeness (QED) is 0.712. The topological polar surface area (TPSA) is 70.4 Å². The number of carboxylic acid groups (broad SMARTS) is 1. The molecule has 2 heterocycles. The highest BCUT2D eigenvalue weighted by Crippen LogP contribution is 2.10. The van der Waals surface area contributed by atoms with Crippen molar-refractivity contribution in [3.63, 3.8) is 0 Å². The van der Waals surface area contributed by atoms with Crippen molar-refractivity contribution in [2.75, 3.05) is 20.1 Å².